The molecule has 1 aliphatic heterocycles. The lowest BCUT2D eigenvalue weighted by molar-refractivity contribution is -0.0193. The molecule has 0 aromatic rings. The average molecular weight is 181 g/mol. The first-order valence-corrected chi connectivity index (χ1v) is 5.33. The van der Waals surface area contributed by atoms with Gasteiger partial charge >= 0.3 is 0 Å². The summed E-state index contributed by atoms with van der Waals surface area (Å²) in [6.45, 7) is 2.42. The number of hydrogen-bond donors (Lipinski definition) is 0. The third-order valence-corrected chi connectivity index (χ3v) is 3.98. The van der Waals surface area contributed by atoms with Crippen LogP contribution in [0.15, 0.2) is 0 Å². The lowest BCUT2D eigenvalue weighted by atomic mass is 9.60. The highest BCUT2D eigenvalue weighted by Crippen LogP contribution is 2.50. The molecule has 2 fully saturated rings. The molecule has 0 aromatic heterocycles. The Hall–Kier alpha value is -0.0800. The molecule has 2 nitrogen and oxygen atoms in total. The first-order valence-electron chi connectivity index (χ1n) is 5.33. The molecule has 1 spiro atoms. The van der Waals surface area contributed by atoms with Crippen LogP contribution in [0.5, 0.6) is 0 Å². The van der Waals surface area contributed by atoms with Crippen LogP contribution in [0.2, 0.25) is 0 Å². The van der Waals surface area contributed by atoms with Crippen LogP contribution in [0.25, 0.3) is 0 Å². The van der Waals surface area contributed by atoms with Gasteiger partial charge in [0.2, 0.25) is 0 Å². The minimum Gasteiger partial charge on any atom is -0.306 e. The van der Waals surface area contributed by atoms with Crippen LogP contribution in [0.3, 0.4) is 0 Å². The zero-order valence-electron chi connectivity index (χ0n) is 8.92. The lowest BCUT2D eigenvalue weighted by Gasteiger charge is -2.53. The molecule has 13 heavy (non-hydrogen) atoms. The molecule has 0 atom stereocenters. The Bertz CT molecular complexity index is 173. The molecule has 1 saturated heterocycles. The summed E-state index contributed by atoms with van der Waals surface area (Å²) in [5, 5.41) is 0. The molecule has 1 heterocycles. The first kappa shape index (κ1) is 9.47. The number of hydrogen-bond acceptors (Lipinski definition) is 2. The van der Waals surface area contributed by atoms with E-state index in [1.165, 1.54) is 38.8 Å². The predicted octanol–water partition coefficient (Wildman–Crippen LogP) is 1.58. The fourth-order valence-electron chi connectivity index (χ4n) is 2.74. The average Bonchev–Trinajstić information content (AvgIpc) is 2.02. The van der Waals surface area contributed by atoms with Gasteiger partial charge in [-0.15, -0.1) is 0 Å². The maximum absolute atomic E-state index is 4.00. The van der Waals surface area contributed by atoms with E-state index in [0.717, 1.165) is 6.04 Å². The van der Waals surface area contributed by atoms with E-state index in [4.69, 9.17) is 0 Å². The number of piperidine rings is 1. The van der Waals surface area contributed by atoms with Gasteiger partial charge in [-0.3, -0.25) is 0 Å². The van der Waals surface area contributed by atoms with Crippen molar-refractivity contribution in [2.24, 2.45) is 5.41 Å². The Labute approximate surface area is 81.9 Å². The van der Waals surface area contributed by atoms with Crippen molar-refractivity contribution in [2.45, 2.75) is 31.7 Å². The minimum absolute atomic E-state index is 0.711. The molecule has 0 amide bonds. The van der Waals surface area contributed by atoms with E-state index in [0.29, 0.717) is 5.41 Å². The lowest BCUT2D eigenvalue weighted by Crippen LogP contribution is -2.52. The van der Waals surface area contributed by atoms with Gasteiger partial charge in [0.25, 0.3) is 0 Å². The van der Waals surface area contributed by atoms with Crippen molar-refractivity contribution in [1.29, 1.82) is 0 Å². The topological polar surface area (TPSA) is 6.48 Å². The van der Waals surface area contributed by atoms with Gasteiger partial charge in [-0.05, 0) is 58.3 Å². The minimum atomic E-state index is 0.711. The van der Waals surface area contributed by atoms with E-state index in [1.54, 1.807) is 0 Å². The molecule has 1 radical (unpaired) electrons. The largest absolute Gasteiger partial charge is 0.306 e. The van der Waals surface area contributed by atoms with Gasteiger partial charge in [-0.25, -0.2) is 0 Å². The fraction of sp³-hybridized carbons (Fsp3) is 0.909. The van der Waals surface area contributed by atoms with Gasteiger partial charge in [-0.1, -0.05) is 0 Å². The van der Waals surface area contributed by atoms with Gasteiger partial charge in [0.15, 0.2) is 0 Å². The smallest absolute Gasteiger partial charge is 0.0109 e. The van der Waals surface area contributed by atoms with Crippen molar-refractivity contribution in [2.75, 3.05) is 27.2 Å². The van der Waals surface area contributed by atoms with Crippen molar-refractivity contribution in [3.63, 3.8) is 0 Å². The summed E-state index contributed by atoms with van der Waals surface area (Å²) in [5.74, 6) is 0. The quantitative estimate of drug-likeness (QED) is 0.606. The van der Waals surface area contributed by atoms with Crippen molar-refractivity contribution >= 4 is 0 Å². The summed E-state index contributed by atoms with van der Waals surface area (Å²) < 4.78 is 0. The van der Waals surface area contributed by atoms with Gasteiger partial charge in [0.1, 0.15) is 0 Å². The highest BCUT2D eigenvalue weighted by atomic mass is 15.1. The summed E-state index contributed by atoms with van der Waals surface area (Å²) in [6, 6.07) is 0.858. The molecule has 2 rings (SSSR count). The van der Waals surface area contributed by atoms with Crippen molar-refractivity contribution in [3.05, 3.63) is 7.05 Å². The van der Waals surface area contributed by atoms with Gasteiger partial charge in [0, 0.05) is 13.1 Å². The molecule has 0 unspecified atom stereocenters. The normalized spacial score (nSPS) is 29.5. The summed E-state index contributed by atoms with van der Waals surface area (Å²) in [6.07, 6.45) is 5.60. The molecular weight excluding hydrogens is 160 g/mol. The molecule has 0 N–H and O–H groups in total. The molecule has 1 aliphatic carbocycles. The molecule has 0 aromatic carbocycles. The molecule has 2 aliphatic rings. The molecule has 0 bridgehead atoms. The third kappa shape index (κ3) is 1.75. The summed E-state index contributed by atoms with van der Waals surface area (Å²) in [4.78, 5) is 4.59. The number of likely N-dealkylation sites (tertiary alicyclic amines) is 1. The zero-order chi connectivity index (χ0) is 9.47. The van der Waals surface area contributed by atoms with E-state index >= 15 is 0 Å². The highest BCUT2D eigenvalue weighted by Gasteiger charge is 2.45. The van der Waals surface area contributed by atoms with E-state index in [-0.39, 0.29) is 0 Å². The van der Waals surface area contributed by atoms with E-state index in [9.17, 15) is 0 Å². The maximum atomic E-state index is 4.00. The Morgan fingerprint density at radius 1 is 1.23 bits per heavy atom. The highest BCUT2D eigenvalue weighted by molar-refractivity contribution is 5.00. The maximum Gasteiger partial charge on any atom is 0.0109 e. The van der Waals surface area contributed by atoms with Gasteiger partial charge in [0.05, 0.1) is 0 Å². The Balaban J connectivity index is 1.83. The second-order valence-electron chi connectivity index (χ2n) is 5.14. The Morgan fingerprint density at radius 2 is 1.77 bits per heavy atom. The SMILES string of the molecule is [CH2]N1CCC2(CC1)CC(N(C)C)C2. The van der Waals surface area contributed by atoms with Crippen molar-refractivity contribution in [3.8, 4) is 0 Å². The Morgan fingerprint density at radius 3 is 2.23 bits per heavy atom. The number of nitrogens with zero attached hydrogens (tertiary/aromatic N) is 2. The Kier molecular flexibility index (Phi) is 2.37. The molecule has 1 saturated carbocycles. The van der Waals surface area contributed by atoms with E-state index < -0.39 is 0 Å². The first-order chi connectivity index (χ1) is 6.11. The second-order valence-corrected chi connectivity index (χ2v) is 5.14. The van der Waals surface area contributed by atoms with Crippen LogP contribution < -0.4 is 0 Å². The molecular formula is C11H21N2. The zero-order valence-corrected chi connectivity index (χ0v) is 8.92. The second kappa shape index (κ2) is 3.25. The van der Waals surface area contributed by atoms with Gasteiger partial charge < -0.3 is 9.80 Å². The van der Waals surface area contributed by atoms with Crippen LogP contribution in [0.4, 0.5) is 0 Å². The summed E-state index contributed by atoms with van der Waals surface area (Å²) in [7, 11) is 8.40. The molecule has 75 valence electrons. The van der Waals surface area contributed by atoms with E-state index in [1.807, 2.05) is 0 Å². The van der Waals surface area contributed by atoms with Crippen molar-refractivity contribution in [1.82, 2.24) is 9.80 Å². The fourth-order valence-corrected chi connectivity index (χ4v) is 2.74. The predicted molar refractivity (Wildman–Crippen MR) is 55.3 cm³/mol. The van der Waals surface area contributed by atoms with Crippen LogP contribution in [-0.2, 0) is 0 Å². The van der Waals surface area contributed by atoms with E-state index in [2.05, 4.69) is 30.9 Å². The summed E-state index contributed by atoms with van der Waals surface area (Å²) in [5.41, 5.74) is 0.711. The van der Waals surface area contributed by atoms with Gasteiger partial charge in [-0.2, -0.15) is 0 Å². The monoisotopic (exact) mass is 181 g/mol. The van der Waals surface area contributed by atoms with Crippen molar-refractivity contribution < 1.29 is 0 Å². The van der Waals surface area contributed by atoms with Crippen LogP contribution in [0, 0.1) is 12.5 Å². The standard InChI is InChI=1S/C11H21N2/c1-12(2)10-8-11(9-10)4-6-13(3)7-5-11/h10H,3-9H2,1-2H3. The van der Waals surface area contributed by atoms with Crippen LogP contribution >= 0.6 is 0 Å². The van der Waals surface area contributed by atoms with Crippen LogP contribution in [-0.4, -0.2) is 43.0 Å². The number of rotatable bonds is 1. The third-order valence-electron chi connectivity index (χ3n) is 3.98. The summed E-state index contributed by atoms with van der Waals surface area (Å²) >= 11 is 0. The van der Waals surface area contributed by atoms with Crippen LogP contribution in [0.1, 0.15) is 25.7 Å². The molecule has 2 heteroatoms.